The highest BCUT2D eigenvalue weighted by molar-refractivity contribution is 5.81. The number of nitriles is 1. The van der Waals surface area contributed by atoms with E-state index in [1.54, 1.807) is 4.57 Å². The van der Waals surface area contributed by atoms with E-state index in [1.807, 2.05) is 25.7 Å². The van der Waals surface area contributed by atoms with Gasteiger partial charge >= 0.3 is 0 Å². The van der Waals surface area contributed by atoms with Crippen molar-refractivity contribution in [3.8, 4) is 6.07 Å². The zero-order chi connectivity index (χ0) is 14.2. The molecule has 5 heteroatoms. The smallest absolute Gasteiger partial charge is 0.245 e. The van der Waals surface area contributed by atoms with Gasteiger partial charge in [-0.2, -0.15) is 5.26 Å². The maximum atomic E-state index is 12.4. The molecule has 1 aliphatic heterocycles. The molecule has 1 saturated heterocycles. The van der Waals surface area contributed by atoms with Gasteiger partial charge in [-0.1, -0.05) is 0 Å². The van der Waals surface area contributed by atoms with Crippen LogP contribution in [0.4, 0.5) is 5.82 Å². The Morgan fingerprint density at radius 3 is 2.42 bits per heavy atom. The molecule has 1 atom stereocenters. The number of carbonyl (C=O) groups excluding carboxylic acids is 1. The molecule has 2 N–H and O–H groups in total. The Labute approximate surface area is 113 Å². The number of carbonyl (C=O) groups is 1. The summed E-state index contributed by atoms with van der Waals surface area (Å²) in [6.45, 7) is 7.28. The van der Waals surface area contributed by atoms with Crippen molar-refractivity contribution in [1.29, 1.82) is 5.26 Å². The average molecular weight is 260 g/mol. The summed E-state index contributed by atoms with van der Waals surface area (Å²) in [5.41, 5.74) is 8.27. The molecule has 0 radical (unpaired) electrons. The quantitative estimate of drug-likeness (QED) is 0.880. The van der Waals surface area contributed by atoms with Crippen LogP contribution in [0.2, 0.25) is 0 Å². The lowest BCUT2D eigenvalue weighted by molar-refractivity contribution is -0.133. The maximum absolute atomic E-state index is 12.4. The number of anilines is 1. The van der Waals surface area contributed by atoms with Crippen LogP contribution in [0.3, 0.4) is 0 Å². The Morgan fingerprint density at radius 2 is 1.95 bits per heavy atom. The first-order valence-corrected chi connectivity index (χ1v) is 6.64. The van der Waals surface area contributed by atoms with Gasteiger partial charge in [0.05, 0.1) is 5.56 Å². The first-order chi connectivity index (χ1) is 8.99. The maximum Gasteiger partial charge on any atom is 0.245 e. The first-order valence-electron chi connectivity index (χ1n) is 6.64. The standard InChI is InChI=1S/C14H20N4O/c1-9-10(2)18(13(16)12(9)8-15)11(3)14(19)17-6-4-5-7-17/h11H,4-7,16H2,1-3H3. The third-order valence-electron chi connectivity index (χ3n) is 4.07. The van der Waals surface area contributed by atoms with Gasteiger partial charge in [0.1, 0.15) is 17.9 Å². The number of likely N-dealkylation sites (tertiary alicyclic amines) is 1. The van der Waals surface area contributed by atoms with Gasteiger partial charge in [0.25, 0.3) is 0 Å². The number of aromatic nitrogens is 1. The molecule has 0 aromatic carbocycles. The van der Waals surface area contributed by atoms with Gasteiger partial charge in [-0.25, -0.2) is 0 Å². The molecule has 0 aliphatic carbocycles. The zero-order valence-corrected chi connectivity index (χ0v) is 11.7. The Morgan fingerprint density at radius 1 is 1.37 bits per heavy atom. The van der Waals surface area contributed by atoms with E-state index in [1.165, 1.54) is 0 Å². The predicted octanol–water partition coefficient (Wildman–Crippen LogP) is 1.74. The van der Waals surface area contributed by atoms with E-state index >= 15 is 0 Å². The van der Waals surface area contributed by atoms with Crippen molar-refractivity contribution < 1.29 is 4.79 Å². The molecule has 2 rings (SSSR count). The molecular weight excluding hydrogens is 240 g/mol. The van der Waals surface area contributed by atoms with Crippen LogP contribution < -0.4 is 5.73 Å². The fraction of sp³-hybridized carbons (Fsp3) is 0.571. The monoisotopic (exact) mass is 260 g/mol. The summed E-state index contributed by atoms with van der Waals surface area (Å²) in [7, 11) is 0. The lowest BCUT2D eigenvalue weighted by atomic mass is 10.2. The SMILES string of the molecule is Cc1c(C#N)c(N)n(C(C)C(=O)N2CCCC2)c1C. The molecular formula is C14H20N4O. The molecule has 2 heterocycles. The minimum Gasteiger partial charge on any atom is -0.384 e. The number of nitrogens with zero attached hydrogens (tertiary/aromatic N) is 3. The van der Waals surface area contributed by atoms with Gasteiger partial charge < -0.3 is 15.2 Å². The van der Waals surface area contributed by atoms with Crippen LogP contribution in [0.1, 0.15) is 42.6 Å². The van der Waals surface area contributed by atoms with Crippen LogP contribution in [0, 0.1) is 25.2 Å². The minimum atomic E-state index is -0.348. The van der Waals surface area contributed by atoms with Gasteiger partial charge in [-0.3, -0.25) is 4.79 Å². The van der Waals surface area contributed by atoms with Crippen LogP contribution in [-0.2, 0) is 4.79 Å². The molecule has 1 unspecified atom stereocenters. The van der Waals surface area contributed by atoms with Gasteiger partial charge in [0.2, 0.25) is 5.91 Å². The van der Waals surface area contributed by atoms with Crippen molar-refractivity contribution >= 4 is 11.7 Å². The second-order valence-electron chi connectivity index (χ2n) is 5.16. The summed E-state index contributed by atoms with van der Waals surface area (Å²) >= 11 is 0. The number of amides is 1. The lowest BCUT2D eigenvalue weighted by Gasteiger charge is -2.23. The van der Waals surface area contributed by atoms with E-state index in [0.717, 1.165) is 37.2 Å². The van der Waals surface area contributed by atoms with E-state index in [9.17, 15) is 4.79 Å². The molecule has 0 spiro atoms. The third-order valence-corrected chi connectivity index (χ3v) is 4.07. The van der Waals surface area contributed by atoms with Crippen LogP contribution in [0.5, 0.6) is 0 Å². The molecule has 102 valence electrons. The number of hydrogen-bond donors (Lipinski definition) is 1. The average Bonchev–Trinajstić information content (AvgIpc) is 2.98. The highest BCUT2D eigenvalue weighted by Gasteiger charge is 2.28. The van der Waals surface area contributed by atoms with Gasteiger partial charge in [-0.05, 0) is 39.2 Å². The summed E-state index contributed by atoms with van der Waals surface area (Å²) in [5.74, 6) is 0.490. The summed E-state index contributed by atoms with van der Waals surface area (Å²) in [4.78, 5) is 14.3. The molecule has 1 fully saturated rings. The molecule has 1 aromatic heterocycles. The van der Waals surface area contributed by atoms with Crippen molar-refractivity contribution in [3.63, 3.8) is 0 Å². The summed E-state index contributed by atoms with van der Waals surface area (Å²) in [5, 5.41) is 9.13. The first kappa shape index (κ1) is 13.5. The highest BCUT2D eigenvalue weighted by Crippen LogP contribution is 2.28. The summed E-state index contributed by atoms with van der Waals surface area (Å²) < 4.78 is 1.79. The van der Waals surface area contributed by atoms with E-state index in [4.69, 9.17) is 11.0 Å². The molecule has 0 bridgehead atoms. The van der Waals surface area contributed by atoms with Crippen molar-refractivity contribution in [3.05, 3.63) is 16.8 Å². The topological polar surface area (TPSA) is 75.0 Å². The van der Waals surface area contributed by atoms with Gasteiger partial charge in [-0.15, -0.1) is 0 Å². The van der Waals surface area contributed by atoms with E-state index in [-0.39, 0.29) is 11.9 Å². The predicted molar refractivity (Wildman–Crippen MR) is 73.6 cm³/mol. The molecule has 5 nitrogen and oxygen atoms in total. The molecule has 19 heavy (non-hydrogen) atoms. The number of nitrogen functional groups attached to an aromatic ring is 1. The molecule has 1 aliphatic rings. The van der Waals surface area contributed by atoms with Crippen molar-refractivity contribution in [2.24, 2.45) is 0 Å². The summed E-state index contributed by atoms with van der Waals surface area (Å²) in [6.07, 6.45) is 2.14. The van der Waals surface area contributed by atoms with Gasteiger partial charge in [0, 0.05) is 18.8 Å². The van der Waals surface area contributed by atoms with Gasteiger partial charge in [0.15, 0.2) is 0 Å². The van der Waals surface area contributed by atoms with Crippen molar-refractivity contribution in [1.82, 2.24) is 9.47 Å². The van der Waals surface area contributed by atoms with Crippen LogP contribution in [-0.4, -0.2) is 28.5 Å². The number of nitrogens with two attached hydrogens (primary N) is 1. The molecule has 1 amide bonds. The Balaban J connectivity index is 2.36. The van der Waals surface area contributed by atoms with E-state index < -0.39 is 0 Å². The second kappa shape index (κ2) is 4.96. The third kappa shape index (κ3) is 2.07. The van der Waals surface area contributed by atoms with Crippen molar-refractivity contribution in [2.75, 3.05) is 18.8 Å². The highest BCUT2D eigenvalue weighted by atomic mass is 16.2. The van der Waals surface area contributed by atoms with Crippen LogP contribution >= 0.6 is 0 Å². The Kier molecular flexibility index (Phi) is 3.52. The normalized spacial score (nSPS) is 16.4. The fourth-order valence-electron chi connectivity index (χ4n) is 2.81. The Hall–Kier alpha value is -1.96. The molecule has 0 saturated carbocycles. The second-order valence-corrected chi connectivity index (χ2v) is 5.16. The van der Waals surface area contributed by atoms with E-state index in [2.05, 4.69) is 6.07 Å². The lowest BCUT2D eigenvalue weighted by Crippen LogP contribution is -2.34. The fourth-order valence-corrected chi connectivity index (χ4v) is 2.81. The Bertz CT molecular complexity index is 547. The van der Waals surface area contributed by atoms with Crippen LogP contribution in [0.25, 0.3) is 0 Å². The largest absolute Gasteiger partial charge is 0.384 e. The zero-order valence-electron chi connectivity index (χ0n) is 11.7. The number of hydrogen-bond acceptors (Lipinski definition) is 3. The minimum absolute atomic E-state index is 0.0896. The summed E-state index contributed by atoms with van der Waals surface area (Å²) in [6, 6.07) is 1.77. The van der Waals surface area contributed by atoms with Crippen molar-refractivity contribution in [2.45, 2.75) is 39.7 Å². The van der Waals surface area contributed by atoms with E-state index in [0.29, 0.717) is 11.4 Å². The van der Waals surface area contributed by atoms with Crippen LogP contribution in [0.15, 0.2) is 0 Å². The molecule has 1 aromatic rings. The number of rotatable bonds is 2.